The smallest absolute Gasteiger partial charge is 0.341 e. The molecule has 0 aromatic heterocycles. The first-order chi connectivity index (χ1) is 11.4. The van der Waals surface area contributed by atoms with E-state index in [0.717, 1.165) is 12.8 Å². The molecule has 1 aliphatic heterocycles. The van der Waals surface area contributed by atoms with Crippen molar-refractivity contribution in [2.24, 2.45) is 5.92 Å². The van der Waals surface area contributed by atoms with Gasteiger partial charge in [-0.05, 0) is 37.8 Å². The van der Waals surface area contributed by atoms with E-state index in [4.69, 9.17) is 0 Å². The second-order valence-corrected chi connectivity index (χ2v) is 8.20. The van der Waals surface area contributed by atoms with E-state index in [1.165, 1.54) is 12.1 Å². The monoisotopic (exact) mass is 358 g/mol. The Hall–Kier alpha value is -1.70. The topological polar surface area (TPSA) is 66.5 Å². The Balaban J connectivity index is 1.69. The molecule has 24 heavy (non-hydrogen) atoms. The molecule has 1 N–H and O–H groups in total. The van der Waals surface area contributed by atoms with Gasteiger partial charge in [0.25, 0.3) is 0 Å². The average Bonchev–Trinajstić information content (AvgIpc) is 3.40. The molecule has 5 nitrogen and oxygen atoms in total. The molecule has 0 unspecified atom stereocenters. The Bertz CT molecular complexity index is 712. The highest BCUT2D eigenvalue weighted by molar-refractivity contribution is 7.91. The normalized spacial score (nSPS) is 19.5. The van der Waals surface area contributed by atoms with Crippen molar-refractivity contribution < 1.29 is 22.0 Å². The third kappa shape index (κ3) is 3.53. The summed E-state index contributed by atoms with van der Waals surface area (Å²) in [7, 11) is -4.64. The van der Waals surface area contributed by atoms with Crippen molar-refractivity contribution in [1.82, 2.24) is 5.32 Å². The van der Waals surface area contributed by atoms with Gasteiger partial charge in [0.15, 0.2) is 0 Å². The molecule has 1 aromatic rings. The van der Waals surface area contributed by atoms with E-state index in [0.29, 0.717) is 31.6 Å². The molecule has 0 bridgehead atoms. The van der Waals surface area contributed by atoms with Crippen molar-refractivity contribution in [2.75, 3.05) is 18.0 Å². The summed E-state index contributed by atoms with van der Waals surface area (Å²) in [4.78, 5) is 13.3. The lowest BCUT2D eigenvalue weighted by molar-refractivity contribution is -0.123. The highest BCUT2D eigenvalue weighted by atomic mass is 32.2. The molecule has 1 saturated heterocycles. The Labute approximate surface area is 139 Å². The molecule has 1 aromatic carbocycles. The van der Waals surface area contributed by atoms with Gasteiger partial charge in [-0.15, -0.1) is 0 Å². The van der Waals surface area contributed by atoms with Crippen molar-refractivity contribution >= 4 is 21.4 Å². The number of carbonyl (C=O) groups is 1. The number of amides is 1. The number of nitrogens with zero attached hydrogens (tertiary/aromatic N) is 1. The molecule has 0 radical (unpaired) electrons. The second kappa shape index (κ2) is 6.66. The number of piperidine rings is 1. The molecule has 1 amide bonds. The zero-order chi connectivity index (χ0) is 17.3. The van der Waals surface area contributed by atoms with Crippen molar-refractivity contribution in [3.05, 3.63) is 24.3 Å². The summed E-state index contributed by atoms with van der Waals surface area (Å²) in [5.74, 6) is -3.19. The minimum Gasteiger partial charge on any atom is -0.370 e. The number of hydrogen-bond acceptors (Lipinski definition) is 4. The zero-order valence-electron chi connectivity index (χ0n) is 13.1. The SMILES string of the molecule is O=C(NC1CCN(c2ccccc2S(=O)(=O)C(F)F)CC1)C1CC1. The number of halogens is 2. The lowest BCUT2D eigenvalue weighted by atomic mass is 10.0. The fourth-order valence-corrected chi connectivity index (χ4v) is 3.93. The van der Waals surface area contributed by atoms with Crippen LogP contribution in [-0.4, -0.2) is 39.2 Å². The van der Waals surface area contributed by atoms with Gasteiger partial charge in [0.2, 0.25) is 15.7 Å². The molecular weight excluding hydrogens is 338 g/mol. The van der Waals surface area contributed by atoms with Crippen LogP contribution in [0.1, 0.15) is 25.7 Å². The molecule has 2 fully saturated rings. The number of hydrogen-bond donors (Lipinski definition) is 1. The van der Waals surface area contributed by atoms with Crippen LogP contribution in [0.5, 0.6) is 0 Å². The van der Waals surface area contributed by atoms with Gasteiger partial charge < -0.3 is 10.2 Å². The number of benzene rings is 1. The lowest BCUT2D eigenvalue weighted by Gasteiger charge is -2.34. The molecule has 1 aliphatic carbocycles. The van der Waals surface area contributed by atoms with E-state index in [1.807, 2.05) is 0 Å². The third-order valence-corrected chi connectivity index (χ3v) is 5.96. The lowest BCUT2D eigenvalue weighted by Crippen LogP contribution is -2.45. The summed E-state index contributed by atoms with van der Waals surface area (Å²) in [6.07, 6.45) is 3.23. The van der Waals surface area contributed by atoms with Crippen LogP contribution in [0.25, 0.3) is 0 Å². The predicted octanol–water partition coefficient (Wildman–Crippen LogP) is 2.18. The third-order valence-electron chi connectivity index (χ3n) is 4.54. The summed E-state index contributed by atoms with van der Waals surface area (Å²) in [5.41, 5.74) is 0.310. The fourth-order valence-electron chi connectivity index (χ4n) is 2.98. The Morgan fingerprint density at radius 2 is 1.75 bits per heavy atom. The van der Waals surface area contributed by atoms with E-state index in [-0.39, 0.29) is 22.8 Å². The van der Waals surface area contributed by atoms with Gasteiger partial charge in [-0.3, -0.25) is 4.79 Å². The number of anilines is 1. The minimum absolute atomic E-state index is 0.0632. The summed E-state index contributed by atoms with van der Waals surface area (Å²) >= 11 is 0. The van der Waals surface area contributed by atoms with Crippen molar-refractivity contribution in [1.29, 1.82) is 0 Å². The maximum atomic E-state index is 12.9. The zero-order valence-corrected chi connectivity index (χ0v) is 13.9. The molecule has 2 aliphatic rings. The molecule has 0 spiro atoms. The van der Waals surface area contributed by atoms with E-state index >= 15 is 0 Å². The van der Waals surface area contributed by atoms with E-state index in [2.05, 4.69) is 5.32 Å². The number of sulfone groups is 1. The first-order valence-corrected chi connectivity index (χ1v) is 9.60. The van der Waals surface area contributed by atoms with Crippen molar-refractivity contribution in [3.63, 3.8) is 0 Å². The number of rotatable bonds is 5. The molecule has 8 heteroatoms. The quantitative estimate of drug-likeness (QED) is 0.876. The maximum Gasteiger partial charge on any atom is 0.341 e. The van der Waals surface area contributed by atoms with Gasteiger partial charge in [0, 0.05) is 25.0 Å². The summed E-state index contributed by atoms with van der Waals surface area (Å²) < 4.78 is 49.5. The van der Waals surface area contributed by atoms with Crippen LogP contribution >= 0.6 is 0 Å². The molecule has 1 heterocycles. The van der Waals surface area contributed by atoms with Gasteiger partial charge in [0.1, 0.15) is 0 Å². The Kier molecular flexibility index (Phi) is 4.76. The first-order valence-electron chi connectivity index (χ1n) is 8.06. The number of alkyl halides is 2. The summed E-state index contributed by atoms with van der Waals surface area (Å²) in [6, 6.07) is 5.92. The molecular formula is C16H20F2N2O3S. The highest BCUT2D eigenvalue weighted by Gasteiger charge is 2.33. The largest absolute Gasteiger partial charge is 0.370 e. The van der Waals surface area contributed by atoms with Crippen molar-refractivity contribution in [2.45, 2.75) is 42.4 Å². The van der Waals surface area contributed by atoms with Crippen LogP contribution in [0.3, 0.4) is 0 Å². The van der Waals surface area contributed by atoms with Crippen LogP contribution < -0.4 is 10.2 Å². The number of nitrogens with one attached hydrogen (secondary N) is 1. The first kappa shape index (κ1) is 17.1. The Morgan fingerprint density at radius 1 is 1.12 bits per heavy atom. The van der Waals surface area contributed by atoms with Crippen LogP contribution in [0.2, 0.25) is 0 Å². The fraction of sp³-hybridized carbons (Fsp3) is 0.562. The second-order valence-electron chi connectivity index (χ2n) is 6.32. The average molecular weight is 358 g/mol. The minimum atomic E-state index is -4.64. The van der Waals surface area contributed by atoms with E-state index < -0.39 is 15.6 Å². The van der Waals surface area contributed by atoms with Gasteiger partial charge in [-0.2, -0.15) is 8.78 Å². The van der Waals surface area contributed by atoms with Gasteiger partial charge in [-0.1, -0.05) is 12.1 Å². The maximum absolute atomic E-state index is 12.9. The van der Waals surface area contributed by atoms with E-state index in [1.54, 1.807) is 17.0 Å². The number of para-hydroxylation sites is 1. The summed E-state index contributed by atoms with van der Waals surface area (Å²) in [6.45, 7) is 1.04. The summed E-state index contributed by atoms with van der Waals surface area (Å²) in [5, 5.41) is 3.01. The highest BCUT2D eigenvalue weighted by Crippen LogP contribution is 2.32. The molecule has 3 rings (SSSR count). The standard InChI is InChI=1S/C16H20F2N2O3S/c17-16(18)24(22,23)14-4-2-1-3-13(14)20-9-7-12(8-10-20)19-15(21)11-5-6-11/h1-4,11-12,16H,5-10H2,(H,19,21). The Morgan fingerprint density at radius 3 is 2.33 bits per heavy atom. The van der Waals surface area contributed by atoms with E-state index in [9.17, 15) is 22.0 Å². The van der Waals surface area contributed by atoms with Crippen molar-refractivity contribution in [3.8, 4) is 0 Å². The number of carbonyl (C=O) groups excluding carboxylic acids is 1. The van der Waals surface area contributed by atoms with Crippen LogP contribution in [0.15, 0.2) is 29.2 Å². The van der Waals surface area contributed by atoms with Crippen LogP contribution in [0, 0.1) is 5.92 Å². The van der Waals surface area contributed by atoms with Gasteiger partial charge >= 0.3 is 5.76 Å². The van der Waals surface area contributed by atoms with Crippen LogP contribution in [0.4, 0.5) is 14.5 Å². The van der Waals surface area contributed by atoms with Crippen LogP contribution in [-0.2, 0) is 14.6 Å². The molecule has 132 valence electrons. The molecule has 0 atom stereocenters. The van der Waals surface area contributed by atoms with Gasteiger partial charge in [0.05, 0.1) is 10.6 Å². The molecule has 1 saturated carbocycles. The predicted molar refractivity (Wildman–Crippen MR) is 85.7 cm³/mol. The van der Waals surface area contributed by atoms with Gasteiger partial charge in [-0.25, -0.2) is 8.42 Å².